The third kappa shape index (κ3) is 18.3. The van der Waals surface area contributed by atoms with Gasteiger partial charge in [0.1, 0.15) is 12.4 Å². The molecule has 24 heavy (non-hydrogen) atoms. The maximum Gasteiger partial charge on any atom is 0.333 e. The van der Waals surface area contributed by atoms with E-state index in [9.17, 15) is 26.4 Å². The Bertz CT molecular complexity index is 685. The highest BCUT2D eigenvalue weighted by Crippen LogP contribution is 1.97. The molecular formula is C12H20O10S2. The average molecular weight is 388 g/mol. The molecule has 0 aliphatic carbocycles. The first-order valence-electron chi connectivity index (χ1n) is 6.28. The molecule has 0 aromatic carbocycles. The summed E-state index contributed by atoms with van der Waals surface area (Å²) in [5.74, 6) is -2.80. The summed E-state index contributed by atoms with van der Waals surface area (Å²) in [6, 6.07) is 0. The predicted octanol–water partition coefficient (Wildman–Crippen LogP) is 0.289. The SMILES string of the molecule is C=C(C)C(=O)OCCS(=O)(=O)O.CC(=CCCS(=O)(=O)O)C(=O)O. The first kappa shape index (κ1) is 24.5. The van der Waals surface area contributed by atoms with Gasteiger partial charge in [-0.25, -0.2) is 9.59 Å². The highest BCUT2D eigenvalue weighted by molar-refractivity contribution is 7.86. The monoisotopic (exact) mass is 388 g/mol. The lowest BCUT2D eigenvalue weighted by atomic mass is 10.2. The zero-order chi connectivity index (χ0) is 19.6. The normalized spacial score (nSPS) is 11.9. The number of carboxylic acids is 1. The molecular weight excluding hydrogens is 368 g/mol. The van der Waals surface area contributed by atoms with Gasteiger partial charge in [-0.1, -0.05) is 12.7 Å². The fourth-order valence-electron chi connectivity index (χ4n) is 0.875. The summed E-state index contributed by atoms with van der Waals surface area (Å²) in [6.07, 6.45) is 1.26. The number of hydrogen-bond acceptors (Lipinski definition) is 7. The lowest BCUT2D eigenvalue weighted by Crippen LogP contribution is -2.14. The molecule has 0 aromatic rings. The van der Waals surface area contributed by atoms with Crippen molar-refractivity contribution in [3.05, 3.63) is 23.8 Å². The molecule has 10 nitrogen and oxygen atoms in total. The minimum Gasteiger partial charge on any atom is -0.478 e. The minimum absolute atomic E-state index is 0.0109. The van der Waals surface area contributed by atoms with Crippen LogP contribution >= 0.6 is 0 Å². The standard InChI is InChI=1S/2C6H10O5S/c1-5(2)6(7)11-3-4-12(8,9)10;1-5(6(7)8)3-2-4-12(9,10)11/h1,3-4H2,2H3,(H,8,9,10);3H,2,4H2,1H3,(H,7,8)(H,9,10,11). The fraction of sp³-hybridized carbons (Fsp3) is 0.500. The molecule has 0 fully saturated rings. The summed E-state index contributed by atoms with van der Waals surface area (Å²) in [7, 11) is -8.04. The van der Waals surface area contributed by atoms with Crippen LogP contribution in [0.3, 0.4) is 0 Å². The minimum atomic E-state index is -4.05. The van der Waals surface area contributed by atoms with Gasteiger partial charge in [0.2, 0.25) is 0 Å². The van der Waals surface area contributed by atoms with Crippen LogP contribution < -0.4 is 0 Å². The molecule has 0 atom stereocenters. The topological polar surface area (TPSA) is 172 Å². The highest BCUT2D eigenvalue weighted by Gasteiger charge is 2.07. The van der Waals surface area contributed by atoms with Crippen molar-refractivity contribution in [2.75, 3.05) is 18.1 Å². The number of carbonyl (C=O) groups excluding carboxylic acids is 1. The first-order chi connectivity index (χ1) is 10.7. The molecule has 0 aliphatic rings. The van der Waals surface area contributed by atoms with Crippen LogP contribution in [0.2, 0.25) is 0 Å². The smallest absolute Gasteiger partial charge is 0.333 e. The largest absolute Gasteiger partial charge is 0.478 e. The van der Waals surface area contributed by atoms with Crippen LogP contribution in [0.4, 0.5) is 0 Å². The van der Waals surface area contributed by atoms with Crippen LogP contribution in [0.15, 0.2) is 23.8 Å². The molecule has 0 radical (unpaired) electrons. The van der Waals surface area contributed by atoms with E-state index in [0.717, 1.165) is 0 Å². The number of hydrogen-bond donors (Lipinski definition) is 3. The number of carbonyl (C=O) groups is 2. The van der Waals surface area contributed by atoms with Crippen molar-refractivity contribution in [2.45, 2.75) is 20.3 Å². The van der Waals surface area contributed by atoms with E-state index >= 15 is 0 Å². The number of aliphatic carboxylic acids is 1. The second-order valence-electron chi connectivity index (χ2n) is 4.47. The van der Waals surface area contributed by atoms with Crippen molar-refractivity contribution in [1.82, 2.24) is 0 Å². The van der Waals surface area contributed by atoms with Gasteiger partial charge in [-0.05, 0) is 20.3 Å². The molecule has 0 aromatic heterocycles. The van der Waals surface area contributed by atoms with E-state index in [-0.39, 0.29) is 24.2 Å². The van der Waals surface area contributed by atoms with Gasteiger partial charge in [-0.3, -0.25) is 9.11 Å². The van der Waals surface area contributed by atoms with Gasteiger partial charge in [0.05, 0.1) is 5.75 Å². The van der Waals surface area contributed by atoms with Gasteiger partial charge in [0.25, 0.3) is 20.2 Å². The maximum atomic E-state index is 10.6. The van der Waals surface area contributed by atoms with E-state index in [4.69, 9.17) is 14.2 Å². The fourth-order valence-corrected chi connectivity index (χ4v) is 1.58. The van der Waals surface area contributed by atoms with Crippen molar-refractivity contribution < 1.29 is 45.4 Å². The summed E-state index contributed by atoms with van der Waals surface area (Å²) >= 11 is 0. The Kier molecular flexibility index (Phi) is 11.1. The first-order valence-corrected chi connectivity index (χ1v) is 9.50. The Labute approximate surface area is 140 Å². The number of allylic oxidation sites excluding steroid dienone is 1. The second-order valence-corrected chi connectivity index (χ2v) is 7.61. The predicted molar refractivity (Wildman–Crippen MR) is 84.6 cm³/mol. The summed E-state index contributed by atoms with van der Waals surface area (Å²) in [4.78, 5) is 20.8. The maximum absolute atomic E-state index is 10.6. The summed E-state index contributed by atoms with van der Waals surface area (Å²) in [5, 5.41) is 8.33. The van der Waals surface area contributed by atoms with Crippen molar-refractivity contribution >= 4 is 32.2 Å². The lowest BCUT2D eigenvalue weighted by molar-refractivity contribution is -0.138. The molecule has 0 amide bonds. The van der Waals surface area contributed by atoms with E-state index in [1.54, 1.807) is 0 Å². The van der Waals surface area contributed by atoms with E-state index in [1.807, 2.05) is 0 Å². The lowest BCUT2D eigenvalue weighted by Gasteiger charge is -2.01. The zero-order valence-corrected chi connectivity index (χ0v) is 14.8. The van der Waals surface area contributed by atoms with Gasteiger partial charge in [-0.15, -0.1) is 0 Å². The number of rotatable bonds is 8. The number of ether oxygens (including phenoxy) is 1. The third-order valence-electron chi connectivity index (χ3n) is 2.09. The summed E-state index contributed by atoms with van der Waals surface area (Å²) < 4.78 is 61.5. The van der Waals surface area contributed by atoms with Gasteiger partial charge >= 0.3 is 11.9 Å². The molecule has 0 saturated carbocycles. The molecule has 0 rings (SSSR count). The number of carboxylic acid groups (broad SMARTS) is 1. The van der Waals surface area contributed by atoms with E-state index in [1.165, 1.54) is 19.9 Å². The Morgan fingerprint density at radius 2 is 1.50 bits per heavy atom. The van der Waals surface area contributed by atoms with Crippen LogP contribution in [-0.4, -0.2) is 61.1 Å². The van der Waals surface area contributed by atoms with Crippen molar-refractivity contribution in [1.29, 1.82) is 0 Å². The Morgan fingerprint density at radius 3 is 1.83 bits per heavy atom. The van der Waals surface area contributed by atoms with Crippen molar-refractivity contribution in [3.63, 3.8) is 0 Å². The summed E-state index contributed by atoms with van der Waals surface area (Å²) in [6.45, 7) is 5.72. The summed E-state index contributed by atoms with van der Waals surface area (Å²) in [5.41, 5.74) is 0.254. The Hall–Kier alpha value is -1.76. The van der Waals surface area contributed by atoms with Crippen LogP contribution in [0.5, 0.6) is 0 Å². The van der Waals surface area contributed by atoms with Crippen LogP contribution in [0, 0.1) is 0 Å². The van der Waals surface area contributed by atoms with Gasteiger partial charge in [0.15, 0.2) is 0 Å². The molecule has 0 aliphatic heterocycles. The quantitative estimate of drug-likeness (QED) is 0.298. The zero-order valence-electron chi connectivity index (χ0n) is 13.1. The molecule has 0 spiro atoms. The van der Waals surface area contributed by atoms with Crippen LogP contribution in [0.25, 0.3) is 0 Å². The van der Waals surface area contributed by atoms with E-state index in [2.05, 4.69) is 11.3 Å². The molecule has 140 valence electrons. The third-order valence-corrected chi connectivity index (χ3v) is 3.52. The van der Waals surface area contributed by atoms with Crippen molar-refractivity contribution in [3.8, 4) is 0 Å². The second kappa shape index (κ2) is 10.9. The van der Waals surface area contributed by atoms with Gasteiger partial charge < -0.3 is 9.84 Å². The van der Waals surface area contributed by atoms with E-state index in [0.29, 0.717) is 0 Å². The van der Waals surface area contributed by atoms with Crippen molar-refractivity contribution in [2.24, 2.45) is 0 Å². The molecule has 0 heterocycles. The highest BCUT2D eigenvalue weighted by atomic mass is 32.2. The molecule has 12 heteroatoms. The average Bonchev–Trinajstić information content (AvgIpc) is 2.35. The molecule has 3 N–H and O–H groups in total. The van der Waals surface area contributed by atoms with Gasteiger partial charge in [0, 0.05) is 11.1 Å². The Balaban J connectivity index is 0. The molecule has 0 saturated heterocycles. The Morgan fingerprint density at radius 1 is 1.04 bits per heavy atom. The van der Waals surface area contributed by atoms with Crippen LogP contribution in [0.1, 0.15) is 20.3 Å². The van der Waals surface area contributed by atoms with E-state index < -0.39 is 43.7 Å². The number of esters is 1. The molecule has 0 bridgehead atoms. The molecule has 0 unspecified atom stereocenters. The van der Waals surface area contributed by atoms with Gasteiger partial charge in [-0.2, -0.15) is 16.8 Å². The van der Waals surface area contributed by atoms with Crippen LogP contribution in [-0.2, 0) is 34.6 Å².